The van der Waals surface area contributed by atoms with E-state index in [1.54, 1.807) is 30.2 Å². The Morgan fingerprint density at radius 2 is 1.93 bits per heavy atom. The third-order valence-electron chi connectivity index (χ3n) is 4.54. The van der Waals surface area contributed by atoms with Crippen LogP contribution in [0.25, 0.3) is 10.2 Å². The van der Waals surface area contributed by atoms with Crippen LogP contribution in [0.1, 0.15) is 22.3 Å². The minimum Gasteiger partial charge on any atom is -0.494 e. The standard InChI is InChI=1S/C21H23Cl2N3O2S/c1-13-6-9-17(28-4)18-19(13)29-21(24-18)26(11-5-10-25(2)3)20(27)15-8-7-14(22)12-16(15)23/h6-9,12H,5,10-11H2,1-4H3. The maximum absolute atomic E-state index is 13.4. The maximum Gasteiger partial charge on any atom is 0.261 e. The van der Waals surface area contributed by atoms with Crippen molar-refractivity contribution in [3.8, 4) is 5.75 Å². The number of anilines is 1. The minimum atomic E-state index is -0.193. The molecule has 1 amide bonds. The van der Waals surface area contributed by atoms with Gasteiger partial charge in [0.1, 0.15) is 11.3 Å². The van der Waals surface area contributed by atoms with Crippen molar-refractivity contribution in [3.05, 3.63) is 51.5 Å². The number of thiazole rings is 1. The second-order valence-corrected chi connectivity index (χ2v) is 8.82. The smallest absolute Gasteiger partial charge is 0.261 e. The van der Waals surface area contributed by atoms with Crippen LogP contribution >= 0.6 is 34.5 Å². The molecule has 0 saturated heterocycles. The Morgan fingerprint density at radius 3 is 2.59 bits per heavy atom. The summed E-state index contributed by atoms with van der Waals surface area (Å²) in [5.41, 5.74) is 2.26. The number of halogens is 2. The van der Waals surface area contributed by atoms with E-state index in [4.69, 9.17) is 32.9 Å². The molecule has 0 spiro atoms. The molecular weight excluding hydrogens is 429 g/mol. The van der Waals surface area contributed by atoms with E-state index >= 15 is 0 Å². The van der Waals surface area contributed by atoms with Crippen LogP contribution in [0.5, 0.6) is 5.75 Å². The number of fused-ring (bicyclic) bond motifs is 1. The fourth-order valence-electron chi connectivity index (χ4n) is 3.02. The predicted octanol–water partition coefficient (Wildman–Crippen LogP) is 5.52. The fourth-order valence-corrected chi connectivity index (χ4v) is 4.58. The molecule has 0 aliphatic heterocycles. The Hall–Kier alpha value is -1.86. The molecule has 0 fully saturated rings. The van der Waals surface area contributed by atoms with Crippen molar-refractivity contribution < 1.29 is 9.53 Å². The van der Waals surface area contributed by atoms with Gasteiger partial charge in [-0.05, 0) is 63.8 Å². The summed E-state index contributed by atoms with van der Waals surface area (Å²) in [7, 11) is 5.64. The molecular formula is C21H23Cl2N3O2S. The molecule has 0 aliphatic rings. The minimum absolute atomic E-state index is 0.193. The number of nitrogens with zero attached hydrogens (tertiary/aromatic N) is 3. The first-order valence-electron chi connectivity index (χ1n) is 9.17. The summed E-state index contributed by atoms with van der Waals surface area (Å²) in [6.45, 7) is 3.40. The van der Waals surface area contributed by atoms with E-state index in [0.29, 0.717) is 33.0 Å². The van der Waals surface area contributed by atoms with Gasteiger partial charge in [0.05, 0.1) is 22.4 Å². The second kappa shape index (κ2) is 9.30. The lowest BCUT2D eigenvalue weighted by Crippen LogP contribution is -2.33. The summed E-state index contributed by atoms with van der Waals surface area (Å²) in [5, 5.41) is 1.45. The molecule has 1 aromatic heterocycles. The molecule has 0 bridgehead atoms. The van der Waals surface area contributed by atoms with Crippen LogP contribution < -0.4 is 9.64 Å². The van der Waals surface area contributed by atoms with E-state index in [0.717, 1.165) is 28.7 Å². The number of carbonyl (C=O) groups is 1. The van der Waals surface area contributed by atoms with Crippen molar-refractivity contribution in [2.24, 2.45) is 0 Å². The molecule has 154 valence electrons. The van der Waals surface area contributed by atoms with Crippen molar-refractivity contribution in [1.82, 2.24) is 9.88 Å². The number of methoxy groups -OCH3 is 1. The third kappa shape index (κ3) is 4.83. The Balaban J connectivity index is 2.04. The molecule has 0 radical (unpaired) electrons. The van der Waals surface area contributed by atoms with Crippen LogP contribution in [0.2, 0.25) is 10.0 Å². The van der Waals surface area contributed by atoms with Crippen LogP contribution in [-0.2, 0) is 0 Å². The van der Waals surface area contributed by atoms with Gasteiger partial charge in [-0.15, -0.1) is 0 Å². The van der Waals surface area contributed by atoms with Gasteiger partial charge in [0.25, 0.3) is 5.91 Å². The number of carbonyl (C=O) groups excluding carboxylic acids is 1. The van der Waals surface area contributed by atoms with Gasteiger partial charge in [0, 0.05) is 11.6 Å². The predicted molar refractivity (Wildman–Crippen MR) is 122 cm³/mol. The quantitative estimate of drug-likeness (QED) is 0.474. The maximum atomic E-state index is 13.4. The highest BCUT2D eigenvalue weighted by atomic mass is 35.5. The third-order valence-corrected chi connectivity index (χ3v) is 6.30. The number of amides is 1. The van der Waals surface area contributed by atoms with Crippen LogP contribution in [0.15, 0.2) is 30.3 Å². The highest BCUT2D eigenvalue weighted by molar-refractivity contribution is 7.22. The van der Waals surface area contributed by atoms with Gasteiger partial charge in [-0.2, -0.15) is 0 Å². The van der Waals surface area contributed by atoms with Crippen molar-refractivity contribution in [1.29, 1.82) is 0 Å². The van der Waals surface area contributed by atoms with Crippen molar-refractivity contribution >= 4 is 55.8 Å². The Bertz CT molecular complexity index is 1040. The number of hydrogen-bond donors (Lipinski definition) is 0. The van der Waals surface area contributed by atoms with Crippen LogP contribution in [0.4, 0.5) is 5.13 Å². The van der Waals surface area contributed by atoms with Gasteiger partial charge in [0.15, 0.2) is 5.13 Å². The van der Waals surface area contributed by atoms with Crippen LogP contribution in [0.3, 0.4) is 0 Å². The first kappa shape index (κ1) is 21.8. The zero-order valence-corrected chi connectivity index (χ0v) is 19.2. The summed E-state index contributed by atoms with van der Waals surface area (Å²) < 4.78 is 6.47. The van der Waals surface area contributed by atoms with E-state index in [1.807, 2.05) is 33.2 Å². The zero-order chi connectivity index (χ0) is 21.1. The summed E-state index contributed by atoms with van der Waals surface area (Å²) in [4.78, 5) is 21.9. The molecule has 0 N–H and O–H groups in total. The highest BCUT2D eigenvalue weighted by Crippen LogP contribution is 2.37. The second-order valence-electron chi connectivity index (χ2n) is 7.00. The molecule has 2 aromatic carbocycles. The van der Waals surface area contributed by atoms with E-state index in [-0.39, 0.29) is 5.91 Å². The molecule has 1 heterocycles. The van der Waals surface area contributed by atoms with E-state index < -0.39 is 0 Å². The lowest BCUT2D eigenvalue weighted by atomic mass is 10.2. The van der Waals surface area contributed by atoms with E-state index in [1.165, 1.54) is 11.3 Å². The molecule has 0 atom stereocenters. The summed E-state index contributed by atoms with van der Waals surface area (Å²) in [6.07, 6.45) is 0.802. The number of ether oxygens (including phenoxy) is 1. The van der Waals surface area contributed by atoms with E-state index in [9.17, 15) is 4.79 Å². The number of rotatable bonds is 7. The highest BCUT2D eigenvalue weighted by Gasteiger charge is 2.24. The lowest BCUT2D eigenvalue weighted by Gasteiger charge is -2.21. The van der Waals surface area contributed by atoms with E-state index in [2.05, 4.69) is 4.90 Å². The molecule has 0 aliphatic carbocycles. The van der Waals surface area contributed by atoms with Gasteiger partial charge >= 0.3 is 0 Å². The number of hydrogen-bond acceptors (Lipinski definition) is 5. The molecule has 0 unspecified atom stereocenters. The zero-order valence-electron chi connectivity index (χ0n) is 16.8. The number of aromatic nitrogens is 1. The van der Waals surface area contributed by atoms with Gasteiger partial charge in [-0.25, -0.2) is 4.98 Å². The molecule has 0 saturated carbocycles. The van der Waals surface area contributed by atoms with Crippen molar-refractivity contribution in [2.75, 3.05) is 39.2 Å². The summed E-state index contributed by atoms with van der Waals surface area (Å²) in [5.74, 6) is 0.499. The number of aryl methyl sites for hydroxylation is 1. The summed E-state index contributed by atoms with van der Waals surface area (Å²) >= 11 is 13.8. The van der Waals surface area contributed by atoms with Crippen LogP contribution in [-0.4, -0.2) is 50.1 Å². The first-order valence-corrected chi connectivity index (χ1v) is 10.7. The molecule has 5 nitrogen and oxygen atoms in total. The normalized spacial score (nSPS) is 11.3. The Labute approximate surface area is 184 Å². The Morgan fingerprint density at radius 1 is 1.17 bits per heavy atom. The lowest BCUT2D eigenvalue weighted by molar-refractivity contribution is 0.0986. The largest absolute Gasteiger partial charge is 0.494 e. The van der Waals surface area contributed by atoms with Gasteiger partial charge in [-0.3, -0.25) is 9.69 Å². The summed E-state index contributed by atoms with van der Waals surface area (Å²) in [6, 6.07) is 8.81. The fraction of sp³-hybridized carbons (Fsp3) is 0.333. The van der Waals surface area contributed by atoms with Crippen molar-refractivity contribution in [3.63, 3.8) is 0 Å². The molecule has 8 heteroatoms. The van der Waals surface area contributed by atoms with Gasteiger partial charge in [-0.1, -0.05) is 40.6 Å². The molecule has 29 heavy (non-hydrogen) atoms. The van der Waals surface area contributed by atoms with Crippen molar-refractivity contribution in [2.45, 2.75) is 13.3 Å². The average Bonchev–Trinajstić information content (AvgIpc) is 3.11. The molecule has 3 rings (SSSR count). The van der Waals surface area contributed by atoms with Crippen LogP contribution in [0, 0.1) is 6.92 Å². The average molecular weight is 452 g/mol. The molecule has 3 aromatic rings. The topological polar surface area (TPSA) is 45.7 Å². The number of benzene rings is 2. The Kier molecular flexibility index (Phi) is 7.01. The SMILES string of the molecule is COc1ccc(C)c2sc(N(CCCN(C)C)C(=O)c3ccc(Cl)cc3Cl)nc12. The van der Waals surface area contributed by atoms with Gasteiger partial charge < -0.3 is 9.64 Å². The first-order chi connectivity index (χ1) is 13.8. The monoisotopic (exact) mass is 451 g/mol. The van der Waals surface area contributed by atoms with Gasteiger partial charge in [0.2, 0.25) is 0 Å².